The van der Waals surface area contributed by atoms with Crippen LogP contribution in [0.2, 0.25) is 0 Å². The summed E-state index contributed by atoms with van der Waals surface area (Å²) in [6.45, 7) is 0. The van der Waals surface area contributed by atoms with Crippen LogP contribution in [-0.4, -0.2) is 33.8 Å². The van der Waals surface area contributed by atoms with E-state index in [9.17, 15) is 0 Å². The van der Waals surface area contributed by atoms with Crippen LogP contribution < -0.4 is 20.8 Å². The maximum Gasteiger partial charge on any atom is -1.00 e. The van der Waals surface area contributed by atoms with Crippen LogP contribution in [0.25, 0.3) is 0 Å². The van der Waals surface area contributed by atoms with Gasteiger partial charge in [0.05, 0.1) is 0 Å². The summed E-state index contributed by atoms with van der Waals surface area (Å²) >= 11 is 1.81. The monoisotopic (exact) mass is 167 g/mol. The maximum atomic E-state index is 4.86. The van der Waals surface area contributed by atoms with Gasteiger partial charge in [-0.25, -0.2) is 0 Å². The van der Waals surface area contributed by atoms with Gasteiger partial charge in [0.25, 0.3) is 0 Å². The fourth-order valence-corrected chi connectivity index (χ4v) is 0.741. The molecule has 0 radical (unpaired) electrons. The van der Waals surface area contributed by atoms with Gasteiger partial charge in [0.1, 0.15) is 0 Å². The molecule has 0 bridgehead atoms. The molecule has 4 heteroatoms. The third-order valence-electron chi connectivity index (χ3n) is 1.01. The van der Waals surface area contributed by atoms with Crippen LogP contribution in [0.5, 0.6) is 5.88 Å². The van der Waals surface area contributed by atoms with Gasteiger partial charge in [-0.2, -0.15) is 0 Å². The molecule has 1 rings (SSSR count). The molecule has 1 aromatic rings. The molecule has 0 fully saturated rings. The maximum absolute atomic E-state index is 4.86. The molecule has 1 aromatic heterocycles. The first kappa shape index (κ1) is 10.0. The Morgan fingerprint density at radius 1 is 1.50 bits per heavy atom. The van der Waals surface area contributed by atoms with Crippen molar-refractivity contribution >= 4 is 25.4 Å². The standard InChI is InChI=1S/C6H6NO.ClH.Mg/c1-8-6-4-2-3-5-7-6;;/h2,4-5H,1H3;1H;/q;;+1/p-1. The van der Waals surface area contributed by atoms with Crippen LogP contribution in [0.1, 0.15) is 0 Å². The van der Waals surface area contributed by atoms with Crippen LogP contribution in [0, 0.1) is 0 Å². The first-order chi connectivity index (χ1) is 4.33. The van der Waals surface area contributed by atoms with E-state index >= 15 is 0 Å². The molecule has 0 saturated heterocycles. The summed E-state index contributed by atoms with van der Waals surface area (Å²) < 4.78 is 6.04. The summed E-state index contributed by atoms with van der Waals surface area (Å²) in [5.74, 6) is 0.672. The van der Waals surface area contributed by atoms with E-state index in [0.717, 1.165) is 0 Å². The van der Waals surface area contributed by atoms with E-state index in [4.69, 9.17) is 4.74 Å². The minimum absolute atomic E-state index is 0. The third-order valence-corrected chi connectivity index (χ3v) is 1.43. The van der Waals surface area contributed by atoms with E-state index in [-0.39, 0.29) is 12.4 Å². The fraction of sp³-hybridized carbons (Fsp3) is 0.167. The molecule has 1 heterocycles. The SMILES string of the molecule is COc1cc[c]([Mg+])cn1.[Cl-]. The zero-order valence-corrected chi connectivity index (χ0v) is 7.84. The van der Waals surface area contributed by atoms with Crippen molar-refractivity contribution in [3.63, 3.8) is 0 Å². The molecule has 0 atom stereocenters. The third kappa shape index (κ3) is 2.73. The van der Waals surface area contributed by atoms with Crippen molar-refractivity contribution in [3.8, 4) is 5.88 Å². The molecular formula is C6H6ClMgNO. The summed E-state index contributed by atoms with van der Waals surface area (Å²) in [7, 11) is 1.61. The number of nitrogens with zero attached hydrogens (tertiary/aromatic N) is 1. The first-order valence-electron chi connectivity index (χ1n) is 2.65. The second-order valence-corrected chi connectivity index (χ2v) is 2.53. The second-order valence-electron chi connectivity index (χ2n) is 1.71. The Kier molecular flexibility index (Phi) is 4.77. The number of rotatable bonds is 1. The van der Waals surface area contributed by atoms with Crippen molar-refractivity contribution in [2.45, 2.75) is 0 Å². The molecule has 0 amide bonds. The number of methoxy groups -OCH3 is 1. The molecule has 0 unspecified atom stereocenters. The van der Waals surface area contributed by atoms with Gasteiger partial charge in [0.15, 0.2) is 0 Å². The molecule has 2 nitrogen and oxygen atoms in total. The zero-order chi connectivity index (χ0) is 6.69. The normalized spacial score (nSPS) is 8.30. The minimum Gasteiger partial charge on any atom is -1.00 e. The van der Waals surface area contributed by atoms with Gasteiger partial charge in [-0.05, 0) is 0 Å². The summed E-state index contributed by atoms with van der Waals surface area (Å²) in [5.41, 5.74) is 0. The van der Waals surface area contributed by atoms with Crippen LogP contribution in [0.3, 0.4) is 0 Å². The molecule has 0 aliphatic carbocycles. The Morgan fingerprint density at radius 2 is 2.20 bits per heavy atom. The van der Waals surface area contributed by atoms with E-state index in [1.54, 1.807) is 35.0 Å². The molecule has 0 aliphatic rings. The van der Waals surface area contributed by atoms with Crippen molar-refractivity contribution in [2.75, 3.05) is 7.11 Å². The summed E-state index contributed by atoms with van der Waals surface area (Å²) in [5, 5.41) is 0. The van der Waals surface area contributed by atoms with Crippen molar-refractivity contribution in [1.82, 2.24) is 4.98 Å². The van der Waals surface area contributed by atoms with Crippen LogP contribution in [0.4, 0.5) is 0 Å². The molecular weight excluding hydrogens is 162 g/mol. The van der Waals surface area contributed by atoms with Gasteiger partial charge in [-0.3, -0.25) is 0 Å². The second kappa shape index (κ2) is 4.77. The number of ether oxygens (including phenoxy) is 1. The Bertz CT molecular complexity index is 189. The number of pyridine rings is 1. The Labute approximate surface area is 78.8 Å². The number of hydrogen-bond donors (Lipinski definition) is 0. The van der Waals surface area contributed by atoms with E-state index in [2.05, 4.69) is 4.98 Å². The predicted molar refractivity (Wildman–Crippen MR) is 36.2 cm³/mol. The van der Waals surface area contributed by atoms with Gasteiger partial charge in [0.2, 0.25) is 0 Å². The van der Waals surface area contributed by atoms with E-state index in [0.29, 0.717) is 5.88 Å². The summed E-state index contributed by atoms with van der Waals surface area (Å²) in [6.07, 6.45) is 1.79. The average Bonchev–Trinajstić information content (AvgIpc) is 1.90. The van der Waals surface area contributed by atoms with Crippen LogP contribution >= 0.6 is 0 Å². The number of halogens is 1. The minimum atomic E-state index is 0. The fourth-order valence-electron chi connectivity index (χ4n) is 0.532. The smallest absolute Gasteiger partial charge is 1.00 e. The van der Waals surface area contributed by atoms with Gasteiger partial charge in [-0.1, -0.05) is 0 Å². The predicted octanol–water partition coefficient (Wildman–Crippen LogP) is -3.11. The van der Waals surface area contributed by atoms with Crippen LogP contribution in [-0.2, 0) is 0 Å². The zero-order valence-electron chi connectivity index (χ0n) is 5.67. The molecule has 0 spiro atoms. The summed E-state index contributed by atoms with van der Waals surface area (Å²) in [6, 6.07) is 3.83. The van der Waals surface area contributed by atoms with Crippen molar-refractivity contribution in [3.05, 3.63) is 18.3 Å². The van der Waals surface area contributed by atoms with E-state index in [1.165, 1.54) is 3.69 Å². The van der Waals surface area contributed by atoms with Crippen molar-refractivity contribution < 1.29 is 17.1 Å². The van der Waals surface area contributed by atoms with E-state index < -0.39 is 0 Å². The topological polar surface area (TPSA) is 22.1 Å². The first-order valence-corrected chi connectivity index (χ1v) is 3.35. The quantitative estimate of drug-likeness (QED) is 0.414. The molecule has 0 N–H and O–H groups in total. The molecule has 10 heavy (non-hydrogen) atoms. The van der Waals surface area contributed by atoms with Crippen molar-refractivity contribution in [1.29, 1.82) is 0 Å². The Hall–Kier alpha value is 0.00623. The summed E-state index contributed by atoms with van der Waals surface area (Å²) in [4.78, 5) is 3.98. The molecule has 0 aliphatic heterocycles. The van der Waals surface area contributed by atoms with Crippen LogP contribution in [0.15, 0.2) is 18.3 Å². The van der Waals surface area contributed by atoms with Gasteiger partial charge >= 0.3 is 66.4 Å². The van der Waals surface area contributed by atoms with Crippen molar-refractivity contribution in [2.24, 2.45) is 0 Å². The molecule has 0 saturated carbocycles. The Balaban J connectivity index is 0.000000810. The van der Waals surface area contributed by atoms with Gasteiger partial charge in [-0.15, -0.1) is 0 Å². The van der Waals surface area contributed by atoms with Gasteiger partial charge < -0.3 is 12.4 Å². The number of hydrogen-bond acceptors (Lipinski definition) is 2. The average molecular weight is 168 g/mol. The van der Waals surface area contributed by atoms with Gasteiger partial charge in [0, 0.05) is 0 Å². The molecule has 0 aromatic carbocycles. The Morgan fingerprint density at radius 3 is 2.60 bits per heavy atom. The largest absolute Gasteiger partial charge is 1.00 e. The number of aromatic nitrogens is 1. The molecule has 50 valence electrons. The van der Waals surface area contributed by atoms with E-state index in [1.807, 2.05) is 12.1 Å².